The summed E-state index contributed by atoms with van der Waals surface area (Å²) in [4.78, 5) is 6.23. The van der Waals surface area contributed by atoms with E-state index in [1.807, 2.05) is 4.90 Å². The van der Waals surface area contributed by atoms with E-state index in [0.717, 1.165) is 4.47 Å². The zero-order chi connectivity index (χ0) is 18.1. The number of sulfone groups is 1. The van der Waals surface area contributed by atoms with E-state index in [0.29, 0.717) is 32.1 Å². The predicted molar refractivity (Wildman–Crippen MR) is 96.8 cm³/mol. The van der Waals surface area contributed by atoms with Gasteiger partial charge >= 0.3 is 0 Å². The molecule has 3 heterocycles. The molecule has 0 amide bonds. The Balaban J connectivity index is 1.84. The Labute approximate surface area is 158 Å². The van der Waals surface area contributed by atoms with Gasteiger partial charge < -0.3 is 18.5 Å². The van der Waals surface area contributed by atoms with Crippen LogP contribution in [-0.2, 0) is 14.6 Å². The Hall–Kier alpha value is -2.10. The molecule has 26 heavy (non-hydrogen) atoms. The van der Waals surface area contributed by atoms with Crippen LogP contribution >= 0.6 is 15.9 Å². The molecule has 4 rings (SSSR count). The van der Waals surface area contributed by atoms with Gasteiger partial charge in [-0.05, 0) is 36.4 Å². The average molecular weight is 439 g/mol. The Bertz CT molecular complexity index is 990. The quantitative estimate of drug-likeness (QED) is 0.616. The van der Waals surface area contributed by atoms with Gasteiger partial charge in [0.25, 0.3) is 5.89 Å². The highest BCUT2D eigenvalue weighted by Crippen LogP contribution is 2.35. The molecule has 7 nitrogen and oxygen atoms in total. The summed E-state index contributed by atoms with van der Waals surface area (Å²) in [6, 6.07) is 9.78. The van der Waals surface area contributed by atoms with Crippen molar-refractivity contribution in [2.45, 2.75) is 9.92 Å². The van der Waals surface area contributed by atoms with Crippen molar-refractivity contribution in [2.75, 3.05) is 31.2 Å². The lowest BCUT2D eigenvalue weighted by Crippen LogP contribution is -2.36. The number of oxazole rings is 1. The van der Waals surface area contributed by atoms with Crippen LogP contribution in [0.15, 0.2) is 65.9 Å². The van der Waals surface area contributed by atoms with Crippen molar-refractivity contribution in [1.82, 2.24) is 4.98 Å². The number of nitrogens with zero attached hydrogens (tertiary/aromatic N) is 2. The molecule has 0 atom stereocenters. The smallest absolute Gasteiger partial charge is 0.266 e. The number of morpholine rings is 1. The molecule has 1 aromatic carbocycles. The van der Waals surface area contributed by atoms with Crippen molar-refractivity contribution in [3.8, 4) is 11.7 Å². The number of aromatic nitrogens is 1. The Morgan fingerprint density at radius 2 is 1.81 bits per heavy atom. The Morgan fingerprint density at radius 3 is 2.46 bits per heavy atom. The highest BCUT2D eigenvalue weighted by molar-refractivity contribution is 9.10. The van der Waals surface area contributed by atoms with Gasteiger partial charge in [-0.25, -0.2) is 8.42 Å². The highest BCUT2D eigenvalue weighted by Gasteiger charge is 2.32. The van der Waals surface area contributed by atoms with Gasteiger partial charge in [0.2, 0.25) is 20.7 Å². The molecule has 9 heteroatoms. The van der Waals surface area contributed by atoms with Gasteiger partial charge in [0.1, 0.15) is 0 Å². The van der Waals surface area contributed by atoms with E-state index in [9.17, 15) is 8.42 Å². The van der Waals surface area contributed by atoms with Crippen LogP contribution in [0.3, 0.4) is 0 Å². The van der Waals surface area contributed by atoms with E-state index >= 15 is 0 Å². The fourth-order valence-corrected chi connectivity index (χ4v) is 4.26. The maximum Gasteiger partial charge on any atom is 0.266 e. The lowest BCUT2D eigenvalue weighted by atomic mass is 10.4. The molecule has 1 aliphatic heterocycles. The first-order valence-corrected chi connectivity index (χ1v) is 10.2. The van der Waals surface area contributed by atoms with E-state index in [1.54, 1.807) is 24.3 Å². The summed E-state index contributed by atoms with van der Waals surface area (Å²) in [5, 5.41) is -0.117. The third kappa shape index (κ3) is 3.17. The highest BCUT2D eigenvalue weighted by atomic mass is 79.9. The van der Waals surface area contributed by atoms with Crippen LogP contribution < -0.4 is 4.90 Å². The van der Waals surface area contributed by atoms with Crippen molar-refractivity contribution in [3.05, 3.63) is 47.1 Å². The van der Waals surface area contributed by atoms with Crippen LogP contribution in [0.4, 0.5) is 5.88 Å². The Kier molecular flexibility index (Phi) is 4.60. The van der Waals surface area contributed by atoms with Gasteiger partial charge in [0.15, 0.2) is 5.76 Å². The second-order valence-corrected chi connectivity index (χ2v) is 8.44. The monoisotopic (exact) mass is 438 g/mol. The van der Waals surface area contributed by atoms with Gasteiger partial charge in [-0.1, -0.05) is 15.9 Å². The van der Waals surface area contributed by atoms with E-state index < -0.39 is 9.84 Å². The molecule has 0 aliphatic carbocycles. The van der Waals surface area contributed by atoms with Crippen LogP contribution in [0.25, 0.3) is 11.7 Å². The molecule has 0 unspecified atom stereocenters. The summed E-state index contributed by atoms with van der Waals surface area (Å²) in [6.45, 7) is 2.04. The molecule has 0 saturated carbocycles. The maximum absolute atomic E-state index is 13.2. The summed E-state index contributed by atoms with van der Waals surface area (Å²) in [5.74, 6) is 0.714. The van der Waals surface area contributed by atoms with E-state index in [4.69, 9.17) is 13.6 Å². The van der Waals surface area contributed by atoms with E-state index in [1.165, 1.54) is 18.4 Å². The lowest BCUT2D eigenvalue weighted by molar-refractivity contribution is 0.120. The lowest BCUT2D eigenvalue weighted by Gasteiger charge is -2.26. The van der Waals surface area contributed by atoms with Gasteiger partial charge in [0, 0.05) is 17.6 Å². The first-order valence-electron chi connectivity index (χ1n) is 7.94. The largest absolute Gasteiger partial charge is 0.459 e. The Morgan fingerprint density at radius 1 is 1.08 bits per heavy atom. The normalized spacial score (nSPS) is 15.3. The maximum atomic E-state index is 13.2. The third-order valence-electron chi connectivity index (χ3n) is 3.99. The van der Waals surface area contributed by atoms with Crippen molar-refractivity contribution in [3.63, 3.8) is 0 Å². The topological polar surface area (TPSA) is 85.8 Å². The van der Waals surface area contributed by atoms with Gasteiger partial charge in [-0.2, -0.15) is 4.98 Å². The van der Waals surface area contributed by atoms with Crippen LogP contribution in [0.1, 0.15) is 0 Å². The van der Waals surface area contributed by atoms with Crippen LogP contribution in [0, 0.1) is 0 Å². The molecule has 2 aromatic heterocycles. The number of hydrogen-bond donors (Lipinski definition) is 0. The number of hydrogen-bond acceptors (Lipinski definition) is 7. The minimum absolute atomic E-state index is 0.117. The van der Waals surface area contributed by atoms with Crippen molar-refractivity contribution < 1.29 is 22.0 Å². The van der Waals surface area contributed by atoms with E-state index in [2.05, 4.69) is 20.9 Å². The molecule has 1 aliphatic rings. The number of halogens is 1. The molecule has 1 saturated heterocycles. The van der Waals surface area contributed by atoms with Crippen molar-refractivity contribution in [2.24, 2.45) is 0 Å². The molecule has 136 valence electrons. The standard InChI is InChI=1S/C17H15BrN2O5S/c18-12-3-5-13(6-4-12)26(21,22)16-17(20-7-10-23-11-8-20)25-15(19-16)14-2-1-9-24-14/h1-6,9H,7-8,10-11H2. The summed E-state index contributed by atoms with van der Waals surface area (Å²) in [6.07, 6.45) is 1.48. The number of furan rings is 1. The molecule has 1 fully saturated rings. The van der Waals surface area contributed by atoms with Crippen molar-refractivity contribution >= 4 is 31.7 Å². The fraction of sp³-hybridized carbons (Fsp3) is 0.235. The summed E-state index contributed by atoms with van der Waals surface area (Å²) >= 11 is 3.31. The molecule has 0 radical (unpaired) electrons. The molecular weight excluding hydrogens is 424 g/mol. The molecule has 3 aromatic rings. The fourth-order valence-electron chi connectivity index (χ4n) is 2.67. The summed E-state index contributed by atoms with van der Waals surface area (Å²) in [7, 11) is -3.86. The van der Waals surface area contributed by atoms with Crippen molar-refractivity contribution in [1.29, 1.82) is 0 Å². The van der Waals surface area contributed by atoms with Crippen LogP contribution in [0.5, 0.6) is 0 Å². The molecular formula is C17H15BrN2O5S. The first kappa shape index (κ1) is 17.3. The SMILES string of the molecule is O=S(=O)(c1ccc(Br)cc1)c1nc(-c2ccco2)oc1N1CCOCC1. The zero-order valence-corrected chi connectivity index (χ0v) is 16.0. The molecule has 0 N–H and O–H groups in total. The molecule has 0 bridgehead atoms. The number of ether oxygens (including phenoxy) is 1. The summed E-state index contributed by atoms with van der Waals surface area (Å²) in [5.41, 5.74) is 0. The van der Waals surface area contributed by atoms with E-state index in [-0.39, 0.29) is 21.7 Å². The molecule has 0 spiro atoms. The van der Waals surface area contributed by atoms with Crippen LogP contribution in [0.2, 0.25) is 0 Å². The second kappa shape index (κ2) is 6.90. The minimum atomic E-state index is -3.86. The van der Waals surface area contributed by atoms with Gasteiger partial charge in [-0.3, -0.25) is 0 Å². The number of benzene rings is 1. The minimum Gasteiger partial charge on any atom is -0.459 e. The zero-order valence-electron chi connectivity index (χ0n) is 13.6. The average Bonchev–Trinajstić information content (AvgIpc) is 3.33. The third-order valence-corrected chi connectivity index (χ3v) is 6.18. The van der Waals surface area contributed by atoms with Gasteiger partial charge in [0.05, 0.1) is 24.4 Å². The first-order chi connectivity index (χ1) is 12.6. The second-order valence-electron chi connectivity index (χ2n) is 5.66. The predicted octanol–water partition coefficient (Wildman–Crippen LogP) is 3.37. The van der Waals surface area contributed by atoms with Gasteiger partial charge in [-0.15, -0.1) is 0 Å². The number of anilines is 1. The summed E-state index contributed by atoms with van der Waals surface area (Å²) < 4.78 is 43.6. The van der Waals surface area contributed by atoms with Crippen LogP contribution in [-0.4, -0.2) is 39.7 Å². The number of rotatable bonds is 4.